The number of aromatic hydroxyl groups is 2. The molecular weight excluding hydrogens is 316 g/mol. The van der Waals surface area contributed by atoms with E-state index < -0.39 is 10.0 Å². The molecule has 0 unspecified atom stereocenters. The summed E-state index contributed by atoms with van der Waals surface area (Å²) < 4.78 is 24.8. The van der Waals surface area contributed by atoms with Crippen molar-refractivity contribution in [3.8, 4) is 11.5 Å². The molecule has 0 aliphatic carbocycles. The zero-order valence-corrected chi connectivity index (χ0v) is 13.8. The van der Waals surface area contributed by atoms with Gasteiger partial charge in [0.1, 0.15) is 0 Å². The van der Waals surface area contributed by atoms with Crippen LogP contribution in [0, 0.1) is 20.8 Å². The van der Waals surface area contributed by atoms with Crippen LogP contribution in [-0.2, 0) is 10.0 Å². The SMILES string of the molecule is Cc1cc(C)c(S(=O)(=O)N/N=C\c2ccc(O)c(O)c2)c(C)c1. The van der Waals surface area contributed by atoms with Crippen molar-refractivity contribution < 1.29 is 18.6 Å². The minimum atomic E-state index is -3.79. The highest BCUT2D eigenvalue weighted by molar-refractivity contribution is 7.89. The first-order valence-corrected chi connectivity index (χ1v) is 8.34. The molecule has 0 aliphatic heterocycles. The Kier molecular flexibility index (Phi) is 4.60. The van der Waals surface area contributed by atoms with E-state index in [9.17, 15) is 18.6 Å². The molecule has 0 aromatic heterocycles. The average Bonchev–Trinajstić information content (AvgIpc) is 2.41. The molecule has 0 saturated carbocycles. The fourth-order valence-corrected chi connectivity index (χ4v) is 3.68. The third-order valence-electron chi connectivity index (χ3n) is 3.26. The van der Waals surface area contributed by atoms with E-state index in [1.165, 1.54) is 24.4 Å². The molecule has 23 heavy (non-hydrogen) atoms. The summed E-state index contributed by atoms with van der Waals surface area (Å²) in [6.07, 6.45) is 1.25. The highest BCUT2D eigenvalue weighted by Crippen LogP contribution is 2.24. The Hall–Kier alpha value is -2.54. The molecule has 0 atom stereocenters. The van der Waals surface area contributed by atoms with Gasteiger partial charge in [-0.15, -0.1) is 0 Å². The minimum absolute atomic E-state index is 0.203. The van der Waals surface area contributed by atoms with Gasteiger partial charge in [-0.05, 0) is 55.7 Å². The predicted octanol–water partition coefficient (Wildman–Crippen LogP) is 2.34. The van der Waals surface area contributed by atoms with Gasteiger partial charge in [-0.2, -0.15) is 13.5 Å². The summed E-state index contributed by atoms with van der Waals surface area (Å²) in [5.41, 5.74) is 2.72. The zero-order chi connectivity index (χ0) is 17.2. The quantitative estimate of drug-likeness (QED) is 0.454. The number of phenolic OH excluding ortho intramolecular Hbond substituents is 2. The number of hydrogen-bond donors (Lipinski definition) is 3. The highest BCUT2D eigenvalue weighted by atomic mass is 32.2. The van der Waals surface area contributed by atoms with Gasteiger partial charge in [0.2, 0.25) is 0 Å². The Morgan fingerprint density at radius 1 is 1.00 bits per heavy atom. The molecule has 0 bridgehead atoms. The van der Waals surface area contributed by atoms with E-state index in [2.05, 4.69) is 9.93 Å². The summed E-state index contributed by atoms with van der Waals surface area (Å²) in [6, 6.07) is 7.65. The summed E-state index contributed by atoms with van der Waals surface area (Å²) in [4.78, 5) is 2.36. The first kappa shape index (κ1) is 16.8. The van der Waals surface area contributed by atoms with E-state index in [1.807, 2.05) is 6.92 Å². The number of aryl methyl sites for hydroxylation is 3. The number of benzene rings is 2. The summed E-state index contributed by atoms with van der Waals surface area (Å²) in [5, 5.41) is 22.3. The maximum absolute atomic E-state index is 12.4. The van der Waals surface area contributed by atoms with Crippen molar-refractivity contribution in [3.63, 3.8) is 0 Å². The second-order valence-corrected chi connectivity index (χ2v) is 6.93. The number of phenols is 2. The predicted molar refractivity (Wildman–Crippen MR) is 88.3 cm³/mol. The lowest BCUT2D eigenvalue weighted by atomic mass is 10.1. The van der Waals surface area contributed by atoms with Crippen LogP contribution in [0.25, 0.3) is 0 Å². The van der Waals surface area contributed by atoms with Crippen molar-refractivity contribution in [1.82, 2.24) is 4.83 Å². The molecule has 0 heterocycles. The van der Waals surface area contributed by atoms with E-state index in [0.717, 1.165) is 5.56 Å². The van der Waals surface area contributed by atoms with Crippen LogP contribution >= 0.6 is 0 Å². The van der Waals surface area contributed by atoms with Crippen molar-refractivity contribution in [3.05, 3.63) is 52.6 Å². The topological polar surface area (TPSA) is 99.0 Å². The lowest BCUT2D eigenvalue weighted by Gasteiger charge is -2.11. The van der Waals surface area contributed by atoms with E-state index in [0.29, 0.717) is 16.7 Å². The molecule has 0 amide bonds. The molecule has 2 aromatic rings. The lowest BCUT2D eigenvalue weighted by molar-refractivity contribution is 0.403. The Labute approximate surface area is 135 Å². The van der Waals surface area contributed by atoms with E-state index >= 15 is 0 Å². The Morgan fingerprint density at radius 2 is 1.61 bits per heavy atom. The van der Waals surface area contributed by atoms with Crippen molar-refractivity contribution in [1.29, 1.82) is 0 Å². The Balaban J connectivity index is 2.25. The highest BCUT2D eigenvalue weighted by Gasteiger charge is 2.19. The van der Waals surface area contributed by atoms with Crippen LogP contribution in [0.2, 0.25) is 0 Å². The number of rotatable bonds is 4. The van der Waals surface area contributed by atoms with Gasteiger partial charge in [0, 0.05) is 0 Å². The third kappa shape index (κ3) is 3.81. The van der Waals surface area contributed by atoms with Gasteiger partial charge in [0.25, 0.3) is 10.0 Å². The second-order valence-electron chi connectivity index (χ2n) is 5.33. The number of hydrogen-bond acceptors (Lipinski definition) is 5. The second kappa shape index (κ2) is 6.29. The molecule has 0 saturated heterocycles. The van der Waals surface area contributed by atoms with Crippen LogP contribution in [0.5, 0.6) is 11.5 Å². The largest absolute Gasteiger partial charge is 0.504 e. The van der Waals surface area contributed by atoms with Gasteiger partial charge < -0.3 is 10.2 Å². The maximum Gasteiger partial charge on any atom is 0.277 e. The third-order valence-corrected chi connectivity index (χ3v) is 4.79. The number of hydrazone groups is 1. The van der Waals surface area contributed by atoms with E-state index in [-0.39, 0.29) is 16.4 Å². The molecular formula is C16H18N2O4S. The molecule has 2 rings (SSSR count). The zero-order valence-electron chi connectivity index (χ0n) is 13.0. The molecule has 2 aromatic carbocycles. The molecule has 0 fully saturated rings. The van der Waals surface area contributed by atoms with Gasteiger partial charge in [0.15, 0.2) is 11.5 Å². The molecule has 7 heteroatoms. The Morgan fingerprint density at radius 3 is 2.17 bits per heavy atom. The van der Waals surface area contributed by atoms with E-state index in [1.54, 1.807) is 26.0 Å². The molecule has 0 aliphatic rings. The lowest BCUT2D eigenvalue weighted by Crippen LogP contribution is -2.20. The van der Waals surface area contributed by atoms with Crippen molar-refractivity contribution in [2.24, 2.45) is 5.10 Å². The molecule has 0 radical (unpaired) electrons. The van der Waals surface area contributed by atoms with Crippen LogP contribution in [0.3, 0.4) is 0 Å². The van der Waals surface area contributed by atoms with Gasteiger partial charge in [-0.3, -0.25) is 0 Å². The van der Waals surface area contributed by atoms with E-state index in [4.69, 9.17) is 0 Å². The number of nitrogens with zero attached hydrogens (tertiary/aromatic N) is 1. The van der Waals surface area contributed by atoms with Crippen molar-refractivity contribution in [2.75, 3.05) is 0 Å². The smallest absolute Gasteiger partial charge is 0.277 e. The summed E-state index contributed by atoms with van der Waals surface area (Å²) >= 11 is 0. The van der Waals surface area contributed by atoms with Crippen LogP contribution in [0.15, 0.2) is 40.3 Å². The van der Waals surface area contributed by atoms with Crippen molar-refractivity contribution in [2.45, 2.75) is 25.7 Å². The van der Waals surface area contributed by atoms with Gasteiger partial charge in [-0.1, -0.05) is 17.7 Å². The fraction of sp³-hybridized carbons (Fsp3) is 0.188. The summed E-state index contributed by atoms with van der Waals surface area (Å²) in [5.74, 6) is -0.560. The van der Waals surface area contributed by atoms with Crippen molar-refractivity contribution >= 4 is 16.2 Å². The minimum Gasteiger partial charge on any atom is -0.504 e. The van der Waals surface area contributed by atoms with Crippen LogP contribution < -0.4 is 4.83 Å². The maximum atomic E-state index is 12.4. The fourth-order valence-electron chi connectivity index (χ4n) is 2.43. The molecule has 122 valence electrons. The summed E-state index contributed by atoms with van der Waals surface area (Å²) in [6.45, 7) is 5.37. The normalized spacial score (nSPS) is 11.8. The summed E-state index contributed by atoms with van der Waals surface area (Å²) in [7, 11) is -3.79. The molecule has 6 nitrogen and oxygen atoms in total. The van der Waals surface area contributed by atoms with Crippen LogP contribution in [0.4, 0.5) is 0 Å². The molecule has 3 N–H and O–H groups in total. The number of nitrogens with one attached hydrogen (secondary N) is 1. The first-order valence-electron chi connectivity index (χ1n) is 6.85. The molecule has 0 spiro atoms. The van der Waals surface area contributed by atoms with Crippen LogP contribution in [0.1, 0.15) is 22.3 Å². The van der Waals surface area contributed by atoms with Crippen LogP contribution in [-0.4, -0.2) is 24.8 Å². The number of sulfonamides is 1. The average molecular weight is 334 g/mol. The van der Waals surface area contributed by atoms with Gasteiger partial charge in [-0.25, -0.2) is 4.83 Å². The first-order chi connectivity index (χ1) is 10.7. The van der Waals surface area contributed by atoms with Gasteiger partial charge in [0.05, 0.1) is 11.1 Å². The monoisotopic (exact) mass is 334 g/mol. The standard InChI is InChI=1S/C16H18N2O4S/c1-10-6-11(2)16(12(3)7-10)23(21,22)18-17-9-13-4-5-14(19)15(20)8-13/h4-9,18-20H,1-3H3/b17-9-. The van der Waals surface area contributed by atoms with Gasteiger partial charge >= 0.3 is 0 Å². The Bertz CT molecular complexity index is 851.